The Morgan fingerprint density at radius 1 is 1.00 bits per heavy atom. The molecule has 1 fully saturated rings. The number of amides is 1. The Kier molecular flexibility index (Phi) is 7.82. The Morgan fingerprint density at radius 3 is 2.38 bits per heavy atom. The number of nitrogens with zero attached hydrogens (tertiary/aromatic N) is 2. The van der Waals surface area contributed by atoms with E-state index in [1.54, 1.807) is 18.0 Å². The smallest absolute Gasteiger partial charge is 0.271 e. The van der Waals surface area contributed by atoms with Gasteiger partial charge in [-0.3, -0.25) is 4.79 Å². The molecule has 5 nitrogen and oxygen atoms in total. The summed E-state index contributed by atoms with van der Waals surface area (Å²) in [6, 6.07) is 23.5. The van der Waals surface area contributed by atoms with Crippen LogP contribution in [0.25, 0.3) is 0 Å². The molecule has 1 N–H and O–H groups in total. The zero-order chi connectivity index (χ0) is 22.2. The molecule has 0 spiro atoms. The molecule has 164 valence electrons. The highest BCUT2D eigenvalue weighted by molar-refractivity contribution is 7.98. The highest BCUT2D eigenvalue weighted by Gasteiger charge is 2.10. The average molecular weight is 466 g/mol. The van der Waals surface area contributed by atoms with Crippen molar-refractivity contribution in [2.75, 3.05) is 31.2 Å². The summed E-state index contributed by atoms with van der Waals surface area (Å²) >= 11 is 7.65. The van der Waals surface area contributed by atoms with Gasteiger partial charge in [0.1, 0.15) is 0 Å². The van der Waals surface area contributed by atoms with Crippen LogP contribution in [0.15, 0.2) is 82.8 Å². The number of hydrogen-bond acceptors (Lipinski definition) is 5. The Morgan fingerprint density at radius 2 is 1.69 bits per heavy atom. The maximum absolute atomic E-state index is 12.4. The van der Waals surface area contributed by atoms with Crippen molar-refractivity contribution in [3.8, 4) is 0 Å². The summed E-state index contributed by atoms with van der Waals surface area (Å²) in [4.78, 5) is 15.8. The molecule has 1 heterocycles. The van der Waals surface area contributed by atoms with Gasteiger partial charge in [0.05, 0.1) is 19.4 Å². The van der Waals surface area contributed by atoms with Crippen molar-refractivity contribution in [3.63, 3.8) is 0 Å². The van der Waals surface area contributed by atoms with E-state index in [0.717, 1.165) is 53.1 Å². The molecule has 0 aliphatic carbocycles. The fourth-order valence-corrected chi connectivity index (χ4v) is 4.25. The Balaban J connectivity index is 1.26. The van der Waals surface area contributed by atoms with Gasteiger partial charge >= 0.3 is 0 Å². The van der Waals surface area contributed by atoms with E-state index in [-0.39, 0.29) is 5.91 Å². The predicted molar refractivity (Wildman–Crippen MR) is 132 cm³/mol. The average Bonchev–Trinajstić information content (AvgIpc) is 2.85. The summed E-state index contributed by atoms with van der Waals surface area (Å²) in [7, 11) is 0. The fourth-order valence-electron chi connectivity index (χ4n) is 3.27. The number of ether oxygens (including phenoxy) is 1. The molecule has 1 amide bonds. The lowest BCUT2D eigenvalue weighted by Gasteiger charge is -2.28. The van der Waals surface area contributed by atoms with Crippen molar-refractivity contribution in [2.45, 2.75) is 10.6 Å². The SMILES string of the molecule is O=C(N/N=C\c1ccc(N2CCOCC2)cc1)c1ccc(CSc2ccc(Cl)cc2)cc1. The molecule has 4 rings (SSSR count). The summed E-state index contributed by atoms with van der Waals surface area (Å²) in [5.41, 5.74) is 6.41. The van der Waals surface area contributed by atoms with Gasteiger partial charge in [0.25, 0.3) is 5.91 Å². The van der Waals surface area contributed by atoms with Crippen LogP contribution in [0.2, 0.25) is 5.02 Å². The van der Waals surface area contributed by atoms with Gasteiger partial charge in [-0.2, -0.15) is 5.10 Å². The minimum Gasteiger partial charge on any atom is -0.378 e. The highest BCUT2D eigenvalue weighted by atomic mass is 35.5. The van der Waals surface area contributed by atoms with Gasteiger partial charge in [-0.25, -0.2) is 5.43 Å². The Hall–Kier alpha value is -2.80. The van der Waals surface area contributed by atoms with Gasteiger partial charge in [0.15, 0.2) is 0 Å². The molecule has 32 heavy (non-hydrogen) atoms. The van der Waals surface area contributed by atoms with E-state index in [2.05, 4.69) is 27.6 Å². The number of benzene rings is 3. The van der Waals surface area contributed by atoms with E-state index in [0.29, 0.717) is 5.56 Å². The molecule has 3 aromatic rings. The third kappa shape index (κ3) is 6.36. The van der Waals surface area contributed by atoms with Crippen molar-refractivity contribution in [1.29, 1.82) is 0 Å². The Labute approximate surface area is 197 Å². The molecule has 1 aliphatic rings. The first-order valence-corrected chi connectivity index (χ1v) is 11.8. The van der Waals surface area contributed by atoms with Gasteiger partial charge < -0.3 is 9.64 Å². The van der Waals surface area contributed by atoms with Gasteiger partial charge in [0, 0.05) is 40.0 Å². The standard InChI is InChI=1S/C25H24ClN3O2S/c26-22-7-11-24(12-8-22)32-18-20-1-5-21(6-2-20)25(30)28-27-17-19-3-9-23(10-4-19)29-13-15-31-16-14-29/h1-12,17H,13-16,18H2,(H,28,30)/b27-17-. The monoisotopic (exact) mass is 465 g/mol. The lowest BCUT2D eigenvalue weighted by molar-refractivity contribution is 0.0955. The number of anilines is 1. The zero-order valence-corrected chi connectivity index (χ0v) is 19.1. The molecular weight excluding hydrogens is 442 g/mol. The highest BCUT2D eigenvalue weighted by Crippen LogP contribution is 2.24. The molecular formula is C25H24ClN3O2S. The lowest BCUT2D eigenvalue weighted by Crippen LogP contribution is -2.36. The fraction of sp³-hybridized carbons (Fsp3) is 0.200. The van der Waals surface area contributed by atoms with Crippen molar-refractivity contribution in [2.24, 2.45) is 5.10 Å². The zero-order valence-electron chi connectivity index (χ0n) is 17.5. The summed E-state index contributed by atoms with van der Waals surface area (Å²) in [6.07, 6.45) is 1.65. The number of carbonyl (C=O) groups excluding carboxylic acids is 1. The quantitative estimate of drug-likeness (QED) is 0.295. The lowest BCUT2D eigenvalue weighted by atomic mass is 10.1. The normalized spacial score (nSPS) is 14.0. The molecule has 0 saturated carbocycles. The van der Waals surface area contributed by atoms with E-state index in [4.69, 9.17) is 16.3 Å². The molecule has 0 atom stereocenters. The first-order valence-electron chi connectivity index (χ1n) is 10.4. The molecule has 1 aliphatic heterocycles. The van der Waals surface area contributed by atoms with Gasteiger partial charge in [-0.15, -0.1) is 11.8 Å². The van der Waals surface area contributed by atoms with Crippen LogP contribution in [-0.2, 0) is 10.5 Å². The van der Waals surface area contributed by atoms with Gasteiger partial charge in [0.2, 0.25) is 0 Å². The van der Waals surface area contributed by atoms with Gasteiger partial charge in [-0.05, 0) is 59.7 Å². The molecule has 7 heteroatoms. The van der Waals surface area contributed by atoms with Crippen LogP contribution >= 0.6 is 23.4 Å². The van der Waals surface area contributed by atoms with Crippen LogP contribution in [0.3, 0.4) is 0 Å². The van der Waals surface area contributed by atoms with Crippen LogP contribution in [-0.4, -0.2) is 38.4 Å². The van der Waals surface area contributed by atoms with E-state index in [9.17, 15) is 4.79 Å². The second-order valence-corrected chi connectivity index (χ2v) is 8.81. The summed E-state index contributed by atoms with van der Waals surface area (Å²) in [5.74, 6) is 0.588. The van der Waals surface area contributed by atoms with E-state index >= 15 is 0 Å². The van der Waals surface area contributed by atoms with Crippen LogP contribution in [0.1, 0.15) is 21.5 Å². The van der Waals surface area contributed by atoms with Gasteiger partial charge in [-0.1, -0.05) is 35.9 Å². The number of carbonyl (C=O) groups is 1. The molecule has 3 aromatic carbocycles. The van der Waals surface area contributed by atoms with Crippen molar-refractivity contribution in [3.05, 3.63) is 94.5 Å². The second-order valence-electron chi connectivity index (χ2n) is 7.33. The first-order chi connectivity index (χ1) is 15.7. The molecule has 0 radical (unpaired) electrons. The van der Waals surface area contributed by atoms with E-state index < -0.39 is 0 Å². The van der Waals surface area contributed by atoms with Crippen LogP contribution < -0.4 is 10.3 Å². The summed E-state index contributed by atoms with van der Waals surface area (Å²) in [6.45, 7) is 3.33. The molecule has 0 unspecified atom stereocenters. The summed E-state index contributed by atoms with van der Waals surface area (Å²) in [5, 5.41) is 4.83. The van der Waals surface area contributed by atoms with Crippen LogP contribution in [0, 0.1) is 0 Å². The number of halogens is 1. The third-order valence-corrected chi connectivity index (χ3v) is 6.42. The van der Waals surface area contributed by atoms with Crippen LogP contribution in [0.5, 0.6) is 0 Å². The number of morpholine rings is 1. The minimum atomic E-state index is -0.233. The minimum absolute atomic E-state index is 0.233. The maximum Gasteiger partial charge on any atom is 0.271 e. The van der Waals surface area contributed by atoms with Crippen LogP contribution in [0.4, 0.5) is 5.69 Å². The van der Waals surface area contributed by atoms with E-state index in [1.165, 1.54) is 5.69 Å². The predicted octanol–water partition coefficient (Wildman–Crippen LogP) is 5.23. The topological polar surface area (TPSA) is 53.9 Å². The number of hydrazone groups is 1. The third-order valence-electron chi connectivity index (χ3n) is 5.08. The Bertz CT molecular complexity index is 1050. The number of thioether (sulfide) groups is 1. The molecule has 0 bridgehead atoms. The largest absolute Gasteiger partial charge is 0.378 e. The maximum atomic E-state index is 12.4. The molecule has 1 saturated heterocycles. The second kappa shape index (κ2) is 11.2. The first kappa shape index (κ1) is 22.4. The van der Waals surface area contributed by atoms with Crippen molar-refractivity contribution >= 4 is 41.2 Å². The summed E-state index contributed by atoms with van der Waals surface area (Å²) < 4.78 is 5.39. The van der Waals surface area contributed by atoms with E-state index in [1.807, 2.05) is 60.7 Å². The number of rotatable bonds is 7. The number of nitrogens with one attached hydrogen (secondary N) is 1. The van der Waals surface area contributed by atoms with Crippen molar-refractivity contribution < 1.29 is 9.53 Å². The van der Waals surface area contributed by atoms with Crippen molar-refractivity contribution in [1.82, 2.24) is 5.43 Å². The number of hydrogen-bond donors (Lipinski definition) is 1. The molecule has 0 aromatic heterocycles.